The molecule has 0 aliphatic carbocycles. The van der Waals surface area contributed by atoms with E-state index >= 15 is 0 Å². The monoisotopic (exact) mass is 229 g/mol. The molecule has 15 heavy (non-hydrogen) atoms. The van der Waals surface area contributed by atoms with Crippen LogP contribution in [-0.2, 0) is 14.2 Å². The van der Waals surface area contributed by atoms with E-state index < -0.39 is 18.7 Å². The number of methoxy groups -OCH3 is 1. The van der Waals surface area contributed by atoms with E-state index in [4.69, 9.17) is 9.47 Å². The number of hydrogen-bond acceptors (Lipinski definition) is 4. The Balaban J connectivity index is 2.56. The van der Waals surface area contributed by atoms with Crippen molar-refractivity contribution in [3.05, 3.63) is 0 Å². The molecule has 0 spiro atoms. The number of carbonyl (C=O) groups is 1. The van der Waals surface area contributed by atoms with Gasteiger partial charge in [-0.1, -0.05) is 0 Å². The Bertz CT molecular complexity index is 233. The lowest BCUT2D eigenvalue weighted by atomic mass is 10.4. The first-order chi connectivity index (χ1) is 6.94. The summed E-state index contributed by atoms with van der Waals surface area (Å²) in [7, 11) is 1.27. The van der Waals surface area contributed by atoms with Crippen molar-refractivity contribution in [2.45, 2.75) is 12.6 Å². The molecule has 5 nitrogen and oxygen atoms in total. The summed E-state index contributed by atoms with van der Waals surface area (Å²) in [5.74, 6) is 0. The summed E-state index contributed by atoms with van der Waals surface area (Å²) in [6.45, 7) is 0.198. The van der Waals surface area contributed by atoms with E-state index in [0.717, 1.165) is 4.90 Å². The van der Waals surface area contributed by atoms with E-state index in [1.54, 1.807) is 0 Å². The number of morpholine rings is 1. The number of halogens is 3. The lowest BCUT2D eigenvalue weighted by Gasteiger charge is -2.33. The highest BCUT2D eigenvalue weighted by atomic mass is 19.4. The Morgan fingerprint density at radius 1 is 1.53 bits per heavy atom. The quantitative estimate of drug-likeness (QED) is 0.671. The molecule has 1 amide bonds. The van der Waals surface area contributed by atoms with Crippen LogP contribution in [0.3, 0.4) is 0 Å². The smallest absolute Gasteiger partial charge is 0.375 e. The molecule has 1 aliphatic heterocycles. The average Bonchev–Trinajstić information content (AvgIpc) is 2.15. The van der Waals surface area contributed by atoms with Crippen molar-refractivity contribution in [1.82, 2.24) is 4.90 Å². The molecular formula is C7H10F3NO4. The molecule has 0 N–H and O–H groups in total. The Hall–Kier alpha value is -1.02. The van der Waals surface area contributed by atoms with Crippen molar-refractivity contribution in [2.75, 3.05) is 26.9 Å². The molecule has 0 aromatic heterocycles. The topological polar surface area (TPSA) is 48.0 Å². The molecule has 0 saturated carbocycles. The molecule has 1 rings (SSSR count). The van der Waals surface area contributed by atoms with E-state index in [1.807, 2.05) is 0 Å². The molecule has 0 radical (unpaired) electrons. The molecular weight excluding hydrogens is 219 g/mol. The molecule has 1 saturated heterocycles. The van der Waals surface area contributed by atoms with Crippen LogP contribution in [0, 0.1) is 0 Å². The number of amides is 1. The lowest BCUT2D eigenvalue weighted by Crippen LogP contribution is -2.50. The van der Waals surface area contributed by atoms with Gasteiger partial charge in [0.1, 0.15) is 0 Å². The van der Waals surface area contributed by atoms with Gasteiger partial charge in [-0.3, -0.25) is 4.90 Å². The summed E-state index contributed by atoms with van der Waals surface area (Å²) < 4.78 is 48.2. The van der Waals surface area contributed by atoms with Crippen molar-refractivity contribution in [2.24, 2.45) is 0 Å². The summed E-state index contributed by atoms with van der Waals surface area (Å²) in [4.78, 5) is 11.9. The van der Waals surface area contributed by atoms with Gasteiger partial charge in [0, 0.05) is 7.11 Å². The van der Waals surface area contributed by atoms with Crippen LogP contribution in [0.1, 0.15) is 0 Å². The van der Waals surface area contributed by atoms with E-state index in [2.05, 4.69) is 4.74 Å². The molecule has 88 valence electrons. The van der Waals surface area contributed by atoms with E-state index in [1.165, 1.54) is 7.11 Å². The molecule has 0 bridgehead atoms. The fourth-order valence-electron chi connectivity index (χ4n) is 1.14. The summed E-state index contributed by atoms with van der Waals surface area (Å²) in [6, 6.07) is 0. The zero-order chi connectivity index (χ0) is 11.5. The Kier molecular flexibility index (Phi) is 3.75. The van der Waals surface area contributed by atoms with Gasteiger partial charge in [-0.05, 0) is 0 Å². The number of hydrogen-bond donors (Lipinski definition) is 0. The van der Waals surface area contributed by atoms with Crippen LogP contribution in [-0.4, -0.2) is 50.5 Å². The zero-order valence-corrected chi connectivity index (χ0v) is 7.91. The Labute approximate surface area is 83.7 Å². The fourth-order valence-corrected chi connectivity index (χ4v) is 1.14. The maximum atomic E-state index is 11.8. The van der Waals surface area contributed by atoms with Crippen LogP contribution in [0.25, 0.3) is 0 Å². The summed E-state index contributed by atoms with van der Waals surface area (Å²) >= 11 is 0. The van der Waals surface area contributed by atoms with Gasteiger partial charge >= 0.3 is 12.5 Å². The SMILES string of the molecule is COC1COCCN1C(=O)OC(F)(F)F. The van der Waals surface area contributed by atoms with Gasteiger partial charge in [-0.15, -0.1) is 13.2 Å². The summed E-state index contributed by atoms with van der Waals surface area (Å²) in [5.41, 5.74) is 0. The number of carbonyl (C=O) groups excluding carboxylic acids is 1. The number of rotatable bonds is 1. The molecule has 0 aromatic rings. The molecule has 1 unspecified atom stereocenters. The zero-order valence-electron chi connectivity index (χ0n) is 7.91. The molecule has 1 aliphatic rings. The maximum absolute atomic E-state index is 11.8. The van der Waals surface area contributed by atoms with Crippen molar-refractivity contribution in [3.63, 3.8) is 0 Å². The van der Waals surface area contributed by atoms with Crippen molar-refractivity contribution >= 4 is 6.09 Å². The Morgan fingerprint density at radius 3 is 2.73 bits per heavy atom. The van der Waals surface area contributed by atoms with Crippen LogP contribution < -0.4 is 0 Å². The number of ether oxygens (including phenoxy) is 3. The van der Waals surface area contributed by atoms with Gasteiger partial charge in [0.25, 0.3) is 0 Å². The Morgan fingerprint density at radius 2 is 2.20 bits per heavy atom. The van der Waals surface area contributed by atoms with Crippen molar-refractivity contribution < 1.29 is 32.2 Å². The van der Waals surface area contributed by atoms with Crippen molar-refractivity contribution in [3.8, 4) is 0 Å². The van der Waals surface area contributed by atoms with Crippen LogP contribution >= 0.6 is 0 Å². The largest absolute Gasteiger partial charge is 0.576 e. The fraction of sp³-hybridized carbons (Fsp3) is 0.857. The van der Waals surface area contributed by atoms with Crippen LogP contribution in [0.2, 0.25) is 0 Å². The second-order valence-corrected chi connectivity index (χ2v) is 2.77. The highest BCUT2D eigenvalue weighted by Crippen LogP contribution is 2.19. The van der Waals surface area contributed by atoms with Crippen LogP contribution in [0.4, 0.5) is 18.0 Å². The van der Waals surface area contributed by atoms with Crippen LogP contribution in [0.5, 0.6) is 0 Å². The maximum Gasteiger partial charge on any atom is 0.576 e. The first kappa shape index (κ1) is 12.1. The molecule has 0 aromatic carbocycles. The number of nitrogens with zero attached hydrogens (tertiary/aromatic N) is 1. The third-order valence-electron chi connectivity index (χ3n) is 1.79. The predicted octanol–water partition coefficient (Wildman–Crippen LogP) is 0.948. The van der Waals surface area contributed by atoms with E-state index in [9.17, 15) is 18.0 Å². The van der Waals surface area contributed by atoms with Gasteiger partial charge < -0.3 is 14.2 Å². The first-order valence-electron chi connectivity index (χ1n) is 4.11. The minimum atomic E-state index is -4.98. The second-order valence-electron chi connectivity index (χ2n) is 2.77. The average molecular weight is 229 g/mol. The predicted molar refractivity (Wildman–Crippen MR) is 40.9 cm³/mol. The normalized spacial score (nSPS) is 22.7. The number of alkyl halides is 3. The van der Waals surface area contributed by atoms with Gasteiger partial charge in [-0.2, -0.15) is 0 Å². The molecule has 1 atom stereocenters. The third kappa shape index (κ3) is 3.56. The second kappa shape index (κ2) is 4.67. The molecule has 1 fully saturated rings. The van der Waals surface area contributed by atoms with E-state index in [-0.39, 0.29) is 19.8 Å². The van der Waals surface area contributed by atoms with Gasteiger partial charge in [0.15, 0.2) is 6.23 Å². The van der Waals surface area contributed by atoms with Gasteiger partial charge in [0.2, 0.25) is 0 Å². The standard InChI is InChI=1S/C7H10F3NO4/c1-13-5-4-14-3-2-11(5)6(12)15-7(8,9)10/h5H,2-4H2,1H3. The summed E-state index contributed by atoms with van der Waals surface area (Å²) in [5, 5.41) is 0. The molecule has 8 heteroatoms. The van der Waals surface area contributed by atoms with Crippen LogP contribution in [0.15, 0.2) is 0 Å². The highest BCUT2D eigenvalue weighted by Gasteiger charge is 2.38. The highest BCUT2D eigenvalue weighted by molar-refractivity contribution is 5.68. The molecule has 1 heterocycles. The minimum absolute atomic E-state index is 0.00736. The summed E-state index contributed by atoms with van der Waals surface area (Å²) in [6.07, 6.45) is -7.29. The lowest BCUT2D eigenvalue weighted by molar-refractivity contribution is -0.298. The minimum Gasteiger partial charge on any atom is -0.375 e. The van der Waals surface area contributed by atoms with Gasteiger partial charge in [-0.25, -0.2) is 4.79 Å². The van der Waals surface area contributed by atoms with Crippen molar-refractivity contribution in [1.29, 1.82) is 0 Å². The third-order valence-corrected chi connectivity index (χ3v) is 1.79. The van der Waals surface area contributed by atoms with Gasteiger partial charge in [0.05, 0.1) is 19.8 Å². The van der Waals surface area contributed by atoms with E-state index in [0.29, 0.717) is 0 Å². The first-order valence-corrected chi connectivity index (χ1v) is 4.11.